The average molecular weight is 365 g/mol. The van der Waals surface area contributed by atoms with Crippen LogP contribution in [-0.2, 0) is 0 Å². The molecule has 6 heteroatoms. The van der Waals surface area contributed by atoms with Crippen molar-refractivity contribution in [3.05, 3.63) is 24.3 Å². The number of aliphatic hydroxyl groups is 1. The van der Waals surface area contributed by atoms with Crippen LogP contribution in [0.3, 0.4) is 0 Å². The third kappa shape index (κ3) is 6.06. The Kier molecular flexibility index (Phi) is 8.47. The molecule has 0 aliphatic rings. The quantitative estimate of drug-likeness (QED) is 0.421. The first-order chi connectivity index (χ1) is 8.15. The first kappa shape index (κ1) is 17.0. The van der Waals surface area contributed by atoms with Crippen LogP contribution < -0.4 is 15.8 Å². The van der Waals surface area contributed by atoms with Crippen molar-refractivity contribution in [2.45, 2.75) is 6.92 Å². The minimum atomic E-state index is 0. The molecule has 0 aliphatic heterocycles. The molecule has 1 unspecified atom stereocenters. The molecule has 4 N–H and O–H groups in total. The van der Waals surface area contributed by atoms with Crippen LogP contribution in [0.5, 0.6) is 5.75 Å². The third-order valence-corrected chi connectivity index (χ3v) is 2.23. The van der Waals surface area contributed by atoms with Crippen LogP contribution in [0.2, 0.25) is 0 Å². The van der Waals surface area contributed by atoms with Crippen LogP contribution in [0, 0.1) is 5.92 Å². The summed E-state index contributed by atoms with van der Waals surface area (Å²) in [4.78, 5) is 4.13. The molecule has 0 bridgehead atoms. The lowest BCUT2D eigenvalue weighted by atomic mass is 10.2. The predicted molar refractivity (Wildman–Crippen MR) is 84.8 cm³/mol. The van der Waals surface area contributed by atoms with Gasteiger partial charge in [-0.2, -0.15) is 0 Å². The number of guanidine groups is 1. The maximum Gasteiger partial charge on any atom is 0.193 e. The molecule has 5 nitrogen and oxygen atoms in total. The van der Waals surface area contributed by atoms with Gasteiger partial charge in [-0.25, -0.2) is 0 Å². The number of hydrogen-bond donors (Lipinski definition) is 3. The maximum atomic E-state index is 8.86. The number of rotatable bonds is 5. The van der Waals surface area contributed by atoms with Gasteiger partial charge in [0.05, 0.1) is 7.11 Å². The van der Waals surface area contributed by atoms with E-state index in [1.165, 1.54) is 0 Å². The van der Waals surface area contributed by atoms with E-state index >= 15 is 0 Å². The standard InChI is InChI=1S/C12H19N3O2.HI/c1-9(8-16)7-14-12(13)15-10-4-3-5-11(6-10)17-2;/h3-6,9,16H,7-8H2,1-2H3,(H3,13,14,15);1H. The molecular weight excluding hydrogens is 345 g/mol. The van der Waals surface area contributed by atoms with Crippen molar-refractivity contribution in [3.63, 3.8) is 0 Å². The highest BCUT2D eigenvalue weighted by molar-refractivity contribution is 14.0. The summed E-state index contributed by atoms with van der Waals surface area (Å²) in [6, 6.07) is 7.43. The molecule has 1 rings (SSSR count). The summed E-state index contributed by atoms with van der Waals surface area (Å²) in [6.45, 7) is 2.51. The van der Waals surface area contributed by atoms with Crippen molar-refractivity contribution in [2.24, 2.45) is 16.6 Å². The van der Waals surface area contributed by atoms with Gasteiger partial charge in [0.25, 0.3) is 0 Å². The molecule has 0 fully saturated rings. The van der Waals surface area contributed by atoms with Crippen molar-refractivity contribution in [1.29, 1.82) is 0 Å². The molecule has 1 atom stereocenters. The fourth-order valence-corrected chi connectivity index (χ4v) is 1.20. The van der Waals surface area contributed by atoms with E-state index in [1.807, 2.05) is 31.2 Å². The highest BCUT2D eigenvalue weighted by Crippen LogP contribution is 2.16. The number of methoxy groups -OCH3 is 1. The normalized spacial score (nSPS) is 12.5. The number of benzene rings is 1. The second-order valence-corrected chi connectivity index (χ2v) is 3.87. The van der Waals surface area contributed by atoms with Gasteiger partial charge < -0.3 is 20.9 Å². The molecule has 0 aromatic heterocycles. The minimum Gasteiger partial charge on any atom is -0.497 e. The Morgan fingerprint density at radius 1 is 1.56 bits per heavy atom. The Morgan fingerprint density at radius 3 is 2.89 bits per heavy atom. The van der Waals surface area contributed by atoms with Gasteiger partial charge >= 0.3 is 0 Å². The van der Waals surface area contributed by atoms with Gasteiger partial charge in [0, 0.05) is 24.9 Å². The molecule has 0 radical (unpaired) electrons. The fourth-order valence-electron chi connectivity index (χ4n) is 1.20. The summed E-state index contributed by atoms with van der Waals surface area (Å²) < 4.78 is 5.10. The Balaban J connectivity index is 0.00000289. The van der Waals surface area contributed by atoms with E-state index in [-0.39, 0.29) is 36.5 Å². The molecule has 0 saturated heterocycles. The first-order valence-electron chi connectivity index (χ1n) is 5.47. The minimum absolute atomic E-state index is 0. The largest absolute Gasteiger partial charge is 0.497 e. The van der Waals surface area contributed by atoms with Gasteiger partial charge in [-0.15, -0.1) is 24.0 Å². The van der Waals surface area contributed by atoms with Gasteiger partial charge in [-0.3, -0.25) is 4.99 Å². The summed E-state index contributed by atoms with van der Waals surface area (Å²) in [5, 5.41) is 11.8. The van der Waals surface area contributed by atoms with Crippen LogP contribution in [0.15, 0.2) is 29.3 Å². The second kappa shape index (κ2) is 8.98. The number of nitrogens with two attached hydrogens (primary N) is 1. The monoisotopic (exact) mass is 365 g/mol. The summed E-state index contributed by atoms with van der Waals surface area (Å²) in [5.41, 5.74) is 6.54. The highest BCUT2D eigenvalue weighted by Gasteiger charge is 2.00. The first-order valence-corrected chi connectivity index (χ1v) is 5.47. The molecule has 0 amide bonds. The molecule has 0 aliphatic carbocycles. The lowest BCUT2D eigenvalue weighted by molar-refractivity contribution is 0.242. The lowest BCUT2D eigenvalue weighted by Gasteiger charge is -2.08. The van der Waals surface area contributed by atoms with Gasteiger partial charge in [-0.1, -0.05) is 13.0 Å². The Bertz CT molecular complexity index is 385. The van der Waals surface area contributed by atoms with E-state index in [1.54, 1.807) is 7.11 Å². The van der Waals surface area contributed by atoms with Gasteiger partial charge in [0.2, 0.25) is 0 Å². The number of nitrogens with zero attached hydrogens (tertiary/aromatic N) is 1. The van der Waals surface area contributed by atoms with Crippen molar-refractivity contribution in [2.75, 3.05) is 25.6 Å². The van der Waals surface area contributed by atoms with Crippen molar-refractivity contribution >= 4 is 35.6 Å². The SMILES string of the molecule is COc1cccc(NC(N)=NCC(C)CO)c1.I. The second-order valence-electron chi connectivity index (χ2n) is 3.87. The molecular formula is C12H20IN3O2. The topological polar surface area (TPSA) is 79.9 Å². The van der Waals surface area contributed by atoms with E-state index in [0.717, 1.165) is 11.4 Å². The molecule has 0 heterocycles. The van der Waals surface area contributed by atoms with E-state index < -0.39 is 0 Å². The maximum absolute atomic E-state index is 8.86. The van der Waals surface area contributed by atoms with Crippen LogP contribution in [-0.4, -0.2) is 31.3 Å². The van der Waals surface area contributed by atoms with Crippen LogP contribution in [0.25, 0.3) is 0 Å². The molecule has 0 saturated carbocycles. The van der Waals surface area contributed by atoms with Crippen molar-refractivity contribution in [3.8, 4) is 5.75 Å². The molecule has 1 aromatic rings. The summed E-state index contributed by atoms with van der Waals surface area (Å²) >= 11 is 0. The van der Waals surface area contributed by atoms with E-state index in [4.69, 9.17) is 15.6 Å². The number of aliphatic hydroxyl groups excluding tert-OH is 1. The smallest absolute Gasteiger partial charge is 0.193 e. The average Bonchev–Trinajstić information content (AvgIpc) is 2.36. The van der Waals surface area contributed by atoms with E-state index in [2.05, 4.69) is 10.3 Å². The zero-order chi connectivity index (χ0) is 12.7. The summed E-state index contributed by atoms with van der Waals surface area (Å²) in [5.74, 6) is 1.20. The highest BCUT2D eigenvalue weighted by atomic mass is 127. The lowest BCUT2D eigenvalue weighted by Crippen LogP contribution is -2.24. The van der Waals surface area contributed by atoms with Gasteiger partial charge in [-0.05, 0) is 18.1 Å². The van der Waals surface area contributed by atoms with Crippen LogP contribution >= 0.6 is 24.0 Å². The zero-order valence-corrected chi connectivity index (χ0v) is 12.9. The Hall–Kier alpha value is -1.02. The number of anilines is 1. The fraction of sp³-hybridized carbons (Fsp3) is 0.417. The Morgan fingerprint density at radius 2 is 2.28 bits per heavy atom. The van der Waals surface area contributed by atoms with E-state index in [9.17, 15) is 0 Å². The molecule has 0 spiro atoms. The van der Waals surface area contributed by atoms with Crippen LogP contribution in [0.4, 0.5) is 5.69 Å². The number of nitrogens with one attached hydrogen (secondary N) is 1. The predicted octanol–water partition coefficient (Wildman–Crippen LogP) is 1.67. The zero-order valence-electron chi connectivity index (χ0n) is 10.6. The third-order valence-electron chi connectivity index (χ3n) is 2.23. The van der Waals surface area contributed by atoms with Crippen LogP contribution in [0.1, 0.15) is 6.92 Å². The Labute approximate surface area is 124 Å². The summed E-state index contributed by atoms with van der Waals surface area (Å²) in [6.07, 6.45) is 0. The molecule has 1 aromatic carbocycles. The summed E-state index contributed by atoms with van der Waals surface area (Å²) in [7, 11) is 1.61. The van der Waals surface area contributed by atoms with Gasteiger partial charge in [0.1, 0.15) is 5.75 Å². The molecule has 102 valence electrons. The number of ether oxygens (including phenoxy) is 1. The van der Waals surface area contributed by atoms with Gasteiger partial charge in [0.15, 0.2) is 5.96 Å². The number of aliphatic imine (C=N–C) groups is 1. The van der Waals surface area contributed by atoms with E-state index in [0.29, 0.717) is 12.5 Å². The molecule has 18 heavy (non-hydrogen) atoms. The van der Waals surface area contributed by atoms with Crippen molar-refractivity contribution < 1.29 is 9.84 Å². The number of hydrogen-bond acceptors (Lipinski definition) is 3. The number of halogens is 1. The van der Waals surface area contributed by atoms with Crippen molar-refractivity contribution in [1.82, 2.24) is 0 Å².